The molecule has 1 aliphatic rings. The first-order valence-electron chi connectivity index (χ1n) is 10.4. The molecule has 3 aromatic rings. The molecule has 2 heterocycles. The first-order valence-corrected chi connectivity index (χ1v) is 10.4. The van der Waals surface area contributed by atoms with Crippen molar-refractivity contribution in [3.63, 3.8) is 0 Å². The minimum atomic E-state index is -0.965. The molecule has 32 heavy (non-hydrogen) atoms. The molecule has 7 nitrogen and oxygen atoms in total. The lowest BCUT2D eigenvalue weighted by molar-refractivity contribution is -0.136. The molecular formula is C25H24N4O3. The van der Waals surface area contributed by atoms with Crippen molar-refractivity contribution >= 4 is 23.4 Å². The molecule has 0 saturated carbocycles. The quantitative estimate of drug-likeness (QED) is 0.612. The first-order chi connectivity index (χ1) is 15.5. The minimum Gasteiger partial charge on any atom is -0.351 e. The Kier molecular flexibility index (Phi) is 5.98. The van der Waals surface area contributed by atoms with Crippen molar-refractivity contribution in [2.75, 3.05) is 11.9 Å². The average molecular weight is 428 g/mol. The number of rotatable bonds is 5. The van der Waals surface area contributed by atoms with E-state index in [1.165, 1.54) is 6.92 Å². The summed E-state index contributed by atoms with van der Waals surface area (Å²) in [5.74, 6) is -2.15. The standard InChI is InChI=1S/C25H24N4O3/c1-16(23(30)27-15-17-11-13-26-14-12-17)24(31)28-22-20-9-4-3-7-18(20)19-8-5-6-10-21(19)29(2)25(22)32/h3-14,16,22H,15H2,1-2H3,(H,27,30)(H,28,31). The van der Waals surface area contributed by atoms with Crippen molar-refractivity contribution in [2.24, 2.45) is 5.92 Å². The van der Waals surface area contributed by atoms with Crippen LogP contribution in [0.2, 0.25) is 0 Å². The lowest BCUT2D eigenvalue weighted by Gasteiger charge is -2.24. The normalized spacial score (nSPS) is 15.8. The van der Waals surface area contributed by atoms with Gasteiger partial charge in [-0.15, -0.1) is 0 Å². The highest BCUT2D eigenvalue weighted by Crippen LogP contribution is 2.39. The lowest BCUT2D eigenvalue weighted by Crippen LogP contribution is -2.45. The number of benzene rings is 2. The predicted molar refractivity (Wildman–Crippen MR) is 121 cm³/mol. The fourth-order valence-electron chi connectivity index (χ4n) is 3.80. The molecule has 4 rings (SSSR count). The maximum Gasteiger partial charge on any atom is 0.253 e. The molecule has 0 aliphatic carbocycles. The summed E-state index contributed by atoms with van der Waals surface area (Å²) in [5.41, 5.74) is 4.14. The highest BCUT2D eigenvalue weighted by molar-refractivity contribution is 6.07. The van der Waals surface area contributed by atoms with Crippen LogP contribution in [0.3, 0.4) is 0 Å². The zero-order chi connectivity index (χ0) is 22.7. The third-order valence-corrected chi connectivity index (χ3v) is 5.69. The Morgan fingerprint density at radius 3 is 2.38 bits per heavy atom. The van der Waals surface area contributed by atoms with Crippen molar-refractivity contribution in [1.29, 1.82) is 0 Å². The van der Waals surface area contributed by atoms with Gasteiger partial charge in [-0.1, -0.05) is 42.5 Å². The van der Waals surface area contributed by atoms with E-state index in [9.17, 15) is 14.4 Å². The second-order valence-corrected chi connectivity index (χ2v) is 7.74. The highest BCUT2D eigenvalue weighted by atomic mass is 16.2. The number of aromatic nitrogens is 1. The van der Waals surface area contributed by atoms with Gasteiger partial charge in [-0.25, -0.2) is 0 Å². The summed E-state index contributed by atoms with van der Waals surface area (Å²) in [6.07, 6.45) is 3.28. The highest BCUT2D eigenvalue weighted by Gasteiger charge is 2.34. The molecule has 2 unspecified atom stereocenters. The summed E-state index contributed by atoms with van der Waals surface area (Å²) in [7, 11) is 1.69. The van der Waals surface area contributed by atoms with Gasteiger partial charge in [0.25, 0.3) is 5.91 Å². The maximum atomic E-state index is 13.3. The number of amides is 3. The van der Waals surface area contributed by atoms with Gasteiger partial charge in [-0.05, 0) is 41.8 Å². The van der Waals surface area contributed by atoms with Crippen LogP contribution in [-0.4, -0.2) is 29.8 Å². The Morgan fingerprint density at radius 1 is 0.969 bits per heavy atom. The molecule has 0 spiro atoms. The van der Waals surface area contributed by atoms with E-state index in [1.807, 2.05) is 48.5 Å². The maximum absolute atomic E-state index is 13.3. The summed E-state index contributed by atoms with van der Waals surface area (Å²) in [6.45, 7) is 1.82. The van der Waals surface area contributed by atoms with Crippen LogP contribution in [0.5, 0.6) is 0 Å². The topological polar surface area (TPSA) is 91.4 Å². The largest absolute Gasteiger partial charge is 0.351 e. The SMILES string of the molecule is CC(C(=O)NCc1ccncc1)C(=O)NC1C(=O)N(C)c2ccccc2-c2ccccc21. The molecule has 2 N–H and O–H groups in total. The molecule has 1 aliphatic heterocycles. The number of hydrogen-bond donors (Lipinski definition) is 2. The lowest BCUT2D eigenvalue weighted by atomic mass is 9.95. The van der Waals surface area contributed by atoms with Crippen LogP contribution in [0.1, 0.15) is 24.1 Å². The molecule has 0 bridgehead atoms. The minimum absolute atomic E-state index is 0.264. The molecule has 162 valence electrons. The van der Waals surface area contributed by atoms with E-state index in [4.69, 9.17) is 0 Å². The van der Waals surface area contributed by atoms with Crippen LogP contribution >= 0.6 is 0 Å². The second kappa shape index (κ2) is 9.01. The molecule has 2 atom stereocenters. The Morgan fingerprint density at radius 2 is 1.62 bits per heavy atom. The third kappa shape index (κ3) is 4.09. The van der Waals surface area contributed by atoms with Gasteiger partial charge in [0.05, 0.1) is 5.69 Å². The number of para-hydroxylation sites is 1. The number of anilines is 1. The second-order valence-electron chi connectivity index (χ2n) is 7.74. The molecule has 3 amide bonds. The van der Waals surface area contributed by atoms with E-state index >= 15 is 0 Å². The van der Waals surface area contributed by atoms with Gasteiger partial charge in [-0.2, -0.15) is 0 Å². The van der Waals surface area contributed by atoms with Gasteiger partial charge in [-0.3, -0.25) is 19.4 Å². The van der Waals surface area contributed by atoms with Gasteiger partial charge in [0.2, 0.25) is 11.8 Å². The van der Waals surface area contributed by atoms with Gasteiger partial charge >= 0.3 is 0 Å². The number of fused-ring (bicyclic) bond motifs is 3. The number of nitrogens with zero attached hydrogens (tertiary/aromatic N) is 2. The zero-order valence-electron chi connectivity index (χ0n) is 17.9. The summed E-state index contributed by atoms with van der Waals surface area (Å²) >= 11 is 0. The summed E-state index contributed by atoms with van der Waals surface area (Å²) < 4.78 is 0. The van der Waals surface area contributed by atoms with Gasteiger partial charge in [0.1, 0.15) is 12.0 Å². The van der Waals surface area contributed by atoms with E-state index in [2.05, 4.69) is 15.6 Å². The molecule has 0 fully saturated rings. The van der Waals surface area contributed by atoms with E-state index in [1.54, 1.807) is 36.5 Å². The van der Waals surface area contributed by atoms with Crippen molar-refractivity contribution in [3.05, 3.63) is 84.2 Å². The van der Waals surface area contributed by atoms with Crippen LogP contribution in [0.25, 0.3) is 11.1 Å². The van der Waals surface area contributed by atoms with E-state index in [-0.39, 0.29) is 5.91 Å². The van der Waals surface area contributed by atoms with E-state index < -0.39 is 23.8 Å². The first kappa shape index (κ1) is 21.2. The summed E-state index contributed by atoms with van der Waals surface area (Å²) in [4.78, 5) is 44.3. The fraction of sp³-hybridized carbons (Fsp3) is 0.200. The van der Waals surface area contributed by atoms with Crippen molar-refractivity contribution in [1.82, 2.24) is 15.6 Å². The van der Waals surface area contributed by atoms with E-state index in [0.717, 1.165) is 22.4 Å². The molecule has 0 saturated heterocycles. The predicted octanol–water partition coefficient (Wildman–Crippen LogP) is 2.83. The Labute approximate surface area is 186 Å². The van der Waals surface area contributed by atoms with Crippen molar-refractivity contribution < 1.29 is 14.4 Å². The Balaban J connectivity index is 1.55. The summed E-state index contributed by atoms with van der Waals surface area (Å²) in [6, 6.07) is 17.8. The van der Waals surface area contributed by atoms with Crippen LogP contribution in [0, 0.1) is 5.92 Å². The zero-order valence-corrected chi connectivity index (χ0v) is 17.9. The van der Waals surface area contributed by atoms with Crippen LogP contribution in [0.15, 0.2) is 73.1 Å². The number of hydrogen-bond acceptors (Lipinski definition) is 4. The summed E-state index contributed by atoms with van der Waals surface area (Å²) in [5, 5.41) is 5.57. The molecule has 1 aromatic heterocycles. The molecular weight excluding hydrogens is 404 g/mol. The van der Waals surface area contributed by atoms with Crippen molar-refractivity contribution in [3.8, 4) is 11.1 Å². The number of likely N-dealkylation sites (N-methyl/N-ethyl adjacent to an activating group) is 1. The third-order valence-electron chi connectivity index (χ3n) is 5.69. The average Bonchev–Trinajstić information content (AvgIpc) is 2.92. The smallest absolute Gasteiger partial charge is 0.253 e. The number of nitrogens with one attached hydrogen (secondary N) is 2. The van der Waals surface area contributed by atoms with E-state index in [0.29, 0.717) is 12.1 Å². The molecule has 0 radical (unpaired) electrons. The van der Waals surface area contributed by atoms with Gasteiger partial charge in [0, 0.05) is 31.5 Å². The number of carbonyl (C=O) groups excluding carboxylic acids is 3. The molecule has 2 aromatic carbocycles. The van der Waals surface area contributed by atoms with Crippen LogP contribution < -0.4 is 15.5 Å². The fourth-order valence-corrected chi connectivity index (χ4v) is 3.80. The Bertz CT molecular complexity index is 1160. The Hall–Kier alpha value is -4.00. The molecule has 7 heteroatoms. The van der Waals surface area contributed by atoms with Crippen LogP contribution in [0.4, 0.5) is 5.69 Å². The van der Waals surface area contributed by atoms with Gasteiger partial charge in [0.15, 0.2) is 0 Å². The number of pyridine rings is 1. The van der Waals surface area contributed by atoms with Crippen molar-refractivity contribution in [2.45, 2.75) is 19.5 Å². The van der Waals surface area contributed by atoms with Crippen LogP contribution in [-0.2, 0) is 20.9 Å². The monoisotopic (exact) mass is 428 g/mol. The van der Waals surface area contributed by atoms with Gasteiger partial charge < -0.3 is 15.5 Å². The number of carbonyl (C=O) groups is 3.